The predicted molar refractivity (Wildman–Crippen MR) is 105 cm³/mol. The second kappa shape index (κ2) is 7.35. The van der Waals surface area contributed by atoms with E-state index in [9.17, 15) is 9.59 Å². The Kier molecular flexibility index (Phi) is 4.91. The summed E-state index contributed by atoms with van der Waals surface area (Å²) in [7, 11) is 0. The highest BCUT2D eigenvalue weighted by Gasteiger charge is 2.43. The van der Waals surface area contributed by atoms with Gasteiger partial charge in [0, 0.05) is 37.9 Å². The number of hydrogen-bond donors (Lipinski definition) is 1. The number of nitrogens with zero attached hydrogens (tertiary/aromatic N) is 1. The molecule has 4 rings (SSSR count). The number of carbonyl (C=O) groups is 2. The number of hydrogen-bond acceptors (Lipinski definition) is 4. The van der Waals surface area contributed by atoms with Gasteiger partial charge in [-0.15, -0.1) is 11.3 Å². The Bertz CT molecular complexity index is 836. The van der Waals surface area contributed by atoms with E-state index < -0.39 is 5.60 Å². The Morgan fingerprint density at radius 1 is 1.30 bits per heavy atom. The van der Waals surface area contributed by atoms with Crippen LogP contribution in [-0.4, -0.2) is 35.4 Å². The maximum absolute atomic E-state index is 12.7. The number of likely N-dealkylation sites (tertiary alicyclic amines) is 1. The summed E-state index contributed by atoms with van der Waals surface area (Å²) in [6, 6.07) is 11.5. The van der Waals surface area contributed by atoms with Crippen LogP contribution < -0.4 is 10.1 Å². The molecule has 5 nitrogen and oxygen atoms in total. The summed E-state index contributed by atoms with van der Waals surface area (Å²) in [4.78, 5) is 27.6. The molecular weight excluding hydrogens is 360 g/mol. The van der Waals surface area contributed by atoms with Gasteiger partial charge in [-0.1, -0.05) is 24.3 Å². The van der Waals surface area contributed by atoms with E-state index in [4.69, 9.17) is 4.74 Å². The smallest absolute Gasteiger partial charge is 0.261 e. The molecule has 0 unspecified atom stereocenters. The van der Waals surface area contributed by atoms with Gasteiger partial charge in [0.2, 0.25) is 5.91 Å². The Balaban J connectivity index is 1.61. The molecule has 1 aromatic carbocycles. The second-order valence-corrected chi connectivity index (χ2v) is 8.20. The fraction of sp³-hybridized carbons (Fsp3) is 0.429. The number of carbonyl (C=O) groups excluding carboxylic acids is 2. The summed E-state index contributed by atoms with van der Waals surface area (Å²) < 4.78 is 6.46. The Hall–Kier alpha value is -2.34. The number of para-hydroxylation sites is 1. The zero-order valence-corrected chi connectivity index (χ0v) is 16.3. The third-order valence-corrected chi connectivity index (χ3v) is 6.48. The first-order valence-corrected chi connectivity index (χ1v) is 10.4. The molecule has 0 aliphatic carbocycles. The standard InChI is InChI=1S/C21H24N2O3S/c1-2-23-12-11-21(10-9-19(23)24)14-16(15-6-3-4-7-17(15)26-21)22-20(25)18-8-5-13-27-18/h3-8,13,16H,2,9-12,14H2,1H3,(H,22,25)/t16-,21-/m1/s1. The van der Waals surface area contributed by atoms with Crippen molar-refractivity contribution in [3.8, 4) is 5.75 Å². The van der Waals surface area contributed by atoms with Gasteiger partial charge >= 0.3 is 0 Å². The number of thiophene rings is 1. The minimum Gasteiger partial charge on any atom is -0.487 e. The maximum atomic E-state index is 12.7. The SMILES string of the molecule is CCN1CC[C@]2(CCC1=O)C[C@@H](NC(=O)c1cccs1)c1ccccc1O2. The van der Waals surface area contributed by atoms with Crippen molar-refractivity contribution in [2.24, 2.45) is 0 Å². The van der Waals surface area contributed by atoms with Crippen LogP contribution in [0.15, 0.2) is 41.8 Å². The highest BCUT2D eigenvalue weighted by atomic mass is 32.1. The number of fused-ring (bicyclic) bond motifs is 1. The molecule has 0 bridgehead atoms. The molecule has 1 fully saturated rings. The summed E-state index contributed by atoms with van der Waals surface area (Å²) >= 11 is 1.44. The van der Waals surface area contributed by atoms with Gasteiger partial charge < -0.3 is 15.0 Å². The molecule has 1 spiro atoms. The zero-order valence-electron chi connectivity index (χ0n) is 15.4. The van der Waals surface area contributed by atoms with Crippen LogP contribution in [0, 0.1) is 0 Å². The van der Waals surface area contributed by atoms with E-state index in [0.29, 0.717) is 30.7 Å². The van der Waals surface area contributed by atoms with E-state index in [1.165, 1.54) is 11.3 Å². The first-order chi connectivity index (χ1) is 13.1. The van der Waals surface area contributed by atoms with Crippen LogP contribution in [0.25, 0.3) is 0 Å². The average molecular weight is 385 g/mol. The lowest BCUT2D eigenvalue weighted by Crippen LogP contribution is -2.45. The monoisotopic (exact) mass is 384 g/mol. The van der Waals surface area contributed by atoms with Crippen molar-refractivity contribution in [2.45, 2.75) is 44.2 Å². The highest BCUT2D eigenvalue weighted by molar-refractivity contribution is 7.12. The molecule has 0 saturated carbocycles. The summed E-state index contributed by atoms with van der Waals surface area (Å²) in [5, 5.41) is 5.11. The predicted octanol–water partition coefficient (Wildman–Crippen LogP) is 3.77. The van der Waals surface area contributed by atoms with E-state index in [0.717, 1.165) is 24.3 Å². The van der Waals surface area contributed by atoms with E-state index in [-0.39, 0.29) is 17.9 Å². The third-order valence-electron chi connectivity index (χ3n) is 5.61. The molecule has 142 valence electrons. The lowest BCUT2D eigenvalue weighted by atomic mass is 9.82. The molecule has 27 heavy (non-hydrogen) atoms. The first kappa shape index (κ1) is 18.0. The zero-order chi connectivity index (χ0) is 18.9. The van der Waals surface area contributed by atoms with Crippen molar-refractivity contribution in [3.05, 3.63) is 52.2 Å². The van der Waals surface area contributed by atoms with Crippen LogP contribution in [-0.2, 0) is 4.79 Å². The van der Waals surface area contributed by atoms with Gasteiger partial charge in [-0.25, -0.2) is 0 Å². The minimum absolute atomic E-state index is 0.0539. The molecular formula is C21H24N2O3S. The van der Waals surface area contributed by atoms with Crippen LogP contribution in [0.5, 0.6) is 5.75 Å². The molecule has 6 heteroatoms. The fourth-order valence-corrected chi connectivity index (χ4v) is 4.73. The Labute approximate surface area is 163 Å². The number of amides is 2. The van der Waals surface area contributed by atoms with E-state index >= 15 is 0 Å². The molecule has 2 amide bonds. The first-order valence-electron chi connectivity index (χ1n) is 9.50. The number of ether oxygens (including phenoxy) is 1. The quantitative estimate of drug-likeness (QED) is 0.876. The van der Waals surface area contributed by atoms with Gasteiger partial charge in [0.05, 0.1) is 10.9 Å². The summed E-state index contributed by atoms with van der Waals surface area (Å²) in [6.45, 7) is 3.43. The summed E-state index contributed by atoms with van der Waals surface area (Å²) in [5.41, 5.74) is 0.595. The van der Waals surface area contributed by atoms with Gasteiger partial charge in [-0.05, 0) is 30.9 Å². The molecule has 1 aromatic heterocycles. The maximum Gasteiger partial charge on any atom is 0.261 e. The van der Waals surface area contributed by atoms with Crippen LogP contribution in [0.2, 0.25) is 0 Å². The van der Waals surface area contributed by atoms with Crippen molar-refractivity contribution in [1.29, 1.82) is 0 Å². The van der Waals surface area contributed by atoms with Crippen molar-refractivity contribution in [1.82, 2.24) is 10.2 Å². The second-order valence-electron chi connectivity index (χ2n) is 7.25. The summed E-state index contributed by atoms with van der Waals surface area (Å²) in [6.07, 6.45) is 2.64. The summed E-state index contributed by atoms with van der Waals surface area (Å²) in [5.74, 6) is 0.954. The molecule has 2 aromatic rings. The molecule has 1 N–H and O–H groups in total. The van der Waals surface area contributed by atoms with Crippen LogP contribution in [0.3, 0.4) is 0 Å². The average Bonchev–Trinajstić information content (AvgIpc) is 3.17. The fourth-order valence-electron chi connectivity index (χ4n) is 4.11. The van der Waals surface area contributed by atoms with Crippen LogP contribution in [0.1, 0.15) is 53.9 Å². The van der Waals surface area contributed by atoms with E-state index in [1.54, 1.807) is 0 Å². The molecule has 2 atom stereocenters. The van der Waals surface area contributed by atoms with Gasteiger partial charge in [0.25, 0.3) is 5.91 Å². The van der Waals surface area contributed by atoms with Crippen LogP contribution in [0.4, 0.5) is 0 Å². The third kappa shape index (κ3) is 3.58. The minimum atomic E-state index is -0.415. The van der Waals surface area contributed by atoms with Crippen molar-refractivity contribution < 1.29 is 14.3 Å². The van der Waals surface area contributed by atoms with Gasteiger partial charge in [0.1, 0.15) is 11.4 Å². The molecule has 2 aliphatic heterocycles. The highest BCUT2D eigenvalue weighted by Crippen LogP contribution is 2.44. The lowest BCUT2D eigenvalue weighted by Gasteiger charge is -2.42. The van der Waals surface area contributed by atoms with Crippen molar-refractivity contribution in [3.63, 3.8) is 0 Å². The molecule has 2 aliphatic rings. The molecule has 0 radical (unpaired) electrons. The van der Waals surface area contributed by atoms with E-state index in [1.807, 2.05) is 53.6 Å². The topological polar surface area (TPSA) is 58.6 Å². The largest absolute Gasteiger partial charge is 0.487 e. The van der Waals surface area contributed by atoms with E-state index in [2.05, 4.69) is 5.32 Å². The Morgan fingerprint density at radius 3 is 2.93 bits per heavy atom. The van der Waals surface area contributed by atoms with Crippen LogP contribution >= 0.6 is 11.3 Å². The number of benzene rings is 1. The lowest BCUT2D eigenvalue weighted by molar-refractivity contribution is -0.130. The number of rotatable bonds is 3. The van der Waals surface area contributed by atoms with Crippen molar-refractivity contribution in [2.75, 3.05) is 13.1 Å². The normalized spacial score (nSPS) is 24.9. The van der Waals surface area contributed by atoms with Gasteiger partial charge in [-0.3, -0.25) is 9.59 Å². The molecule has 1 saturated heterocycles. The molecule has 3 heterocycles. The Morgan fingerprint density at radius 2 is 2.15 bits per heavy atom. The number of nitrogens with one attached hydrogen (secondary N) is 1. The van der Waals surface area contributed by atoms with Gasteiger partial charge in [-0.2, -0.15) is 0 Å². The van der Waals surface area contributed by atoms with Gasteiger partial charge in [0.15, 0.2) is 0 Å². The van der Waals surface area contributed by atoms with Crippen molar-refractivity contribution >= 4 is 23.2 Å².